The molecule has 112 valence electrons. The van der Waals surface area contributed by atoms with Gasteiger partial charge in [0.2, 0.25) is 0 Å². The van der Waals surface area contributed by atoms with E-state index in [9.17, 15) is 0 Å². The lowest BCUT2D eigenvalue weighted by atomic mass is 10.1. The Hall–Kier alpha value is -2.13. The number of nitrogens with zero attached hydrogens (tertiary/aromatic N) is 2. The molecule has 1 saturated heterocycles. The number of hydrogen-bond donors (Lipinski definition) is 0. The van der Waals surface area contributed by atoms with Gasteiger partial charge in [-0.3, -0.25) is 0 Å². The Balaban J connectivity index is 1.79. The van der Waals surface area contributed by atoms with Gasteiger partial charge >= 0.3 is 0 Å². The second-order valence-corrected chi connectivity index (χ2v) is 6.03. The molecule has 4 rings (SSSR count). The molecule has 22 heavy (non-hydrogen) atoms. The Bertz CT molecular complexity index is 783. The van der Waals surface area contributed by atoms with Crippen LogP contribution in [0.5, 0.6) is 0 Å². The summed E-state index contributed by atoms with van der Waals surface area (Å²) in [5, 5.41) is 0. The van der Waals surface area contributed by atoms with E-state index in [0.29, 0.717) is 0 Å². The first-order chi connectivity index (χ1) is 10.8. The Morgan fingerprint density at radius 1 is 1.14 bits per heavy atom. The molecule has 0 N–H and O–H groups in total. The molecular weight excluding hydrogens is 272 g/mol. The van der Waals surface area contributed by atoms with Gasteiger partial charge in [-0.2, -0.15) is 0 Å². The fourth-order valence-corrected chi connectivity index (χ4v) is 3.16. The number of hydrogen-bond acceptors (Lipinski definition) is 2. The van der Waals surface area contributed by atoms with Crippen molar-refractivity contribution in [3.05, 3.63) is 65.5 Å². The Kier molecular flexibility index (Phi) is 3.43. The molecule has 0 bridgehead atoms. The molecule has 1 atom stereocenters. The van der Waals surface area contributed by atoms with Gasteiger partial charge in [0, 0.05) is 13.2 Å². The summed E-state index contributed by atoms with van der Waals surface area (Å²) in [6.07, 6.45) is 2.33. The van der Waals surface area contributed by atoms with E-state index in [1.165, 1.54) is 16.6 Å². The predicted octanol–water partition coefficient (Wildman–Crippen LogP) is 4.24. The van der Waals surface area contributed by atoms with Gasteiger partial charge in [-0.05, 0) is 37.5 Å². The van der Waals surface area contributed by atoms with Gasteiger partial charge in [0.15, 0.2) is 0 Å². The zero-order valence-corrected chi connectivity index (χ0v) is 12.8. The van der Waals surface area contributed by atoms with Crippen LogP contribution in [0.4, 0.5) is 0 Å². The van der Waals surface area contributed by atoms with Crippen molar-refractivity contribution in [3.8, 4) is 0 Å². The molecule has 1 aliphatic heterocycles. The number of fused-ring (bicyclic) bond motifs is 1. The fraction of sp³-hybridized carbons (Fsp3) is 0.316. The first-order valence-corrected chi connectivity index (χ1v) is 7.93. The molecule has 0 amide bonds. The first-order valence-electron chi connectivity index (χ1n) is 7.93. The average Bonchev–Trinajstić information content (AvgIpc) is 3.18. The van der Waals surface area contributed by atoms with Gasteiger partial charge in [0.05, 0.1) is 11.0 Å². The molecule has 0 aliphatic carbocycles. The molecule has 1 aromatic heterocycles. The lowest BCUT2D eigenvalue weighted by Crippen LogP contribution is -2.09. The topological polar surface area (TPSA) is 27.1 Å². The summed E-state index contributed by atoms with van der Waals surface area (Å²) in [6.45, 7) is 3.81. The molecule has 0 saturated carbocycles. The molecule has 1 aliphatic rings. The van der Waals surface area contributed by atoms with Crippen molar-refractivity contribution in [1.29, 1.82) is 0 Å². The van der Waals surface area contributed by atoms with Crippen LogP contribution in [0.25, 0.3) is 11.0 Å². The first kappa shape index (κ1) is 13.5. The molecule has 1 fully saturated rings. The molecule has 2 aromatic carbocycles. The molecule has 0 unspecified atom stereocenters. The Morgan fingerprint density at radius 3 is 2.73 bits per heavy atom. The van der Waals surface area contributed by atoms with Crippen molar-refractivity contribution in [3.63, 3.8) is 0 Å². The molecule has 3 heteroatoms. The van der Waals surface area contributed by atoms with Crippen LogP contribution in [-0.2, 0) is 11.3 Å². The summed E-state index contributed by atoms with van der Waals surface area (Å²) in [6, 6.07) is 17.1. The summed E-state index contributed by atoms with van der Waals surface area (Å²) in [4.78, 5) is 4.85. The van der Waals surface area contributed by atoms with E-state index < -0.39 is 0 Å². The smallest absolute Gasteiger partial charge is 0.139 e. The monoisotopic (exact) mass is 292 g/mol. The normalized spacial score (nSPS) is 18.1. The summed E-state index contributed by atoms with van der Waals surface area (Å²) in [5.41, 5.74) is 4.83. The van der Waals surface area contributed by atoms with Crippen molar-refractivity contribution >= 4 is 11.0 Å². The highest BCUT2D eigenvalue weighted by atomic mass is 16.5. The largest absolute Gasteiger partial charge is 0.370 e. The van der Waals surface area contributed by atoms with Gasteiger partial charge in [-0.15, -0.1) is 0 Å². The second kappa shape index (κ2) is 5.58. The van der Waals surface area contributed by atoms with Crippen molar-refractivity contribution in [2.75, 3.05) is 6.61 Å². The Morgan fingerprint density at radius 2 is 1.95 bits per heavy atom. The van der Waals surface area contributed by atoms with Crippen LogP contribution in [0.2, 0.25) is 0 Å². The minimum Gasteiger partial charge on any atom is -0.370 e. The van der Waals surface area contributed by atoms with Crippen molar-refractivity contribution in [1.82, 2.24) is 9.55 Å². The van der Waals surface area contributed by atoms with E-state index >= 15 is 0 Å². The number of rotatable bonds is 3. The maximum absolute atomic E-state index is 5.88. The number of para-hydroxylation sites is 2. The lowest BCUT2D eigenvalue weighted by Gasteiger charge is -2.14. The van der Waals surface area contributed by atoms with E-state index in [1.54, 1.807) is 0 Å². The highest BCUT2D eigenvalue weighted by Gasteiger charge is 2.24. The molecule has 0 radical (unpaired) electrons. The number of aryl methyl sites for hydroxylation is 1. The minimum atomic E-state index is 0.137. The molecule has 2 heterocycles. The lowest BCUT2D eigenvalue weighted by molar-refractivity contribution is 0.103. The van der Waals surface area contributed by atoms with Gasteiger partial charge in [-0.25, -0.2) is 4.98 Å². The second-order valence-electron chi connectivity index (χ2n) is 6.03. The zero-order valence-electron chi connectivity index (χ0n) is 12.8. The van der Waals surface area contributed by atoms with E-state index in [4.69, 9.17) is 9.72 Å². The quantitative estimate of drug-likeness (QED) is 0.722. The third kappa shape index (κ3) is 2.42. The van der Waals surface area contributed by atoms with Gasteiger partial charge < -0.3 is 9.30 Å². The standard InChI is InChI=1S/C19H20N2O/c1-14-8-10-15(11-9-14)13-21-17-6-3-2-5-16(17)20-19(21)18-7-4-12-22-18/h2-3,5-6,8-11,18H,4,7,12-13H2,1H3/t18-/m1/s1. The van der Waals surface area contributed by atoms with Gasteiger partial charge in [0.25, 0.3) is 0 Å². The number of imidazole rings is 1. The highest BCUT2D eigenvalue weighted by molar-refractivity contribution is 5.76. The molecule has 3 nitrogen and oxygen atoms in total. The van der Waals surface area contributed by atoms with E-state index in [2.05, 4.69) is 54.0 Å². The molecular formula is C19H20N2O. The third-order valence-electron chi connectivity index (χ3n) is 4.36. The van der Waals surface area contributed by atoms with E-state index in [1.807, 2.05) is 6.07 Å². The Labute approximate surface area is 130 Å². The van der Waals surface area contributed by atoms with Crippen LogP contribution in [-0.4, -0.2) is 16.2 Å². The fourth-order valence-electron chi connectivity index (χ4n) is 3.16. The SMILES string of the molecule is Cc1ccc(Cn2c([C@H]3CCCO3)nc3ccccc32)cc1. The third-order valence-corrected chi connectivity index (χ3v) is 4.36. The molecule has 0 spiro atoms. The number of ether oxygens (including phenoxy) is 1. The van der Waals surface area contributed by atoms with Crippen LogP contribution in [0, 0.1) is 6.92 Å². The van der Waals surface area contributed by atoms with Crippen LogP contribution in [0.1, 0.15) is 35.9 Å². The average molecular weight is 292 g/mol. The minimum absolute atomic E-state index is 0.137. The van der Waals surface area contributed by atoms with E-state index in [0.717, 1.165) is 37.3 Å². The predicted molar refractivity (Wildman–Crippen MR) is 87.9 cm³/mol. The van der Waals surface area contributed by atoms with Crippen LogP contribution < -0.4 is 0 Å². The van der Waals surface area contributed by atoms with Gasteiger partial charge in [-0.1, -0.05) is 42.0 Å². The summed E-state index contributed by atoms with van der Waals surface area (Å²) in [7, 11) is 0. The number of benzene rings is 2. The molecule has 3 aromatic rings. The summed E-state index contributed by atoms with van der Waals surface area (Å²) < 4.78 is 8.20. The van der Waals surface area contributed by atoms with Crippen LogP contribution in [0.15, 0.2) is 48.5 Å². The summed E-state index contributed by atoms with van der Waals surface area (Å²) in [5.74, 6) is 1.07. The summed E-state index contributed by atoms with van der Waals surface area (Å²) >= 11 is 0. The highest BCUT2D eigenvalue weighted by Crippen LogP contribution is 2.31. The maximum atomic E-state index is 5.88. The van der Waals surface area contributed by atoms with Crippen molar-refractivity contribution < 1.29 is 4.74 Å². The number of aromatic nitrogens is 2. The maximum Gasteiger partial charge on any atom is 0.139 e. The van der Waals surface area contributed by atoms with Crippen LogP contribution >= 0.6 is 0 Å². The zero-order chi connectivity index (χ0) is 14.9. The van der Waals surface area contributed by atoms with Crippen LogP contribution in [0.3, 0.4) is 0 Å². The van der Waals surface area contributed by atoms with E-state index in [-0.39, 0.29) is 6.10 Å². The van der Waals surface area contributed by atoms with Crippen molar-refractivity contribution in [2.24, 2.45) is 0 Å². The van der Waals surface area contributed by atoms with Gasteiger partial charge in [0.1, 0.15) is 11.9 Å². The van der Waals surface area contributed by atoms with Crippen molar-refractivity contribution in [2.45, 2.75) is 32.4 Å².